The molecule has 1 aromatic rings. The molecule has 0 unspecified atom stereocenters. The van der Waals surface area contributed by atoms with E-state index in [4.69, 9.17) is 23.2 Å². The van der Waals surface area contributed by atoms with Gasteiger partial charge in [-0.3, -0.25) is 4.79 Å². The first-order valence-electron chi connectivity index (χ1n) is 4.34. The summed E-state index contributed by atoms with van der Waals surface area (Å²) < 4.78 is 17.9. The zero-order valence-electron chi connectivity index (χ0n) is 8.22. The molecule has 0 bridgehead atoms. The van der Waals surface area contributed by atoms with Gasteiger partial charge in [-0.05, 0) is 19.1 Å². The summed E-state index contributed by atoms with van der Waals surface area (Å²) in [6, 6.07) is 2.43. The largest absolute Gasteiger partial charge is 0.460 e. The maximum absolute atomic E-state index is 13.5. The van der Waals surface area contributed by atoms with Crippen LogP contribution in [0, 0.1) is 5.82 Å². The van der Waals surface area contributed by atoms with Gasteiger partial charge in [-0.1, -0.05) is 23.2 Å². The number of esters is 1. The second kappa shape index (κ2) is 5.27. The number of benzene rings is 1. The lowest BCUT2D eigenvalue weighted by Crippen LogP contribution is -2.19. The van der Waals surface area contributed by atoms with Crippen LogP contribution in [0.15, 0.2) is 12.1 Å². The van der Waals surface area contributed by atoms with Crippen LogP contribution in [0.3, 0.4) is 0 Å². The summed E-state index contributed by atoms with van der Waals surface area (Å²) in [6.07, 6.45) is 0. The van der Waals surface area contributed by atoms with Crippen LogP contribution in [-0.2, 0) is 9.53 Å². The standard InChI is InChI=1S/C10H7Cl2FO3/c1-2-16-10(15)9(14)7-5(11)3-4-6(12)8(7)13/h3-4H,2H2,1H3. The van der Waals surface area contributed by atoms with Gasteiger partial charge >= 0.3 is 5.97 Å². The minimum Gasteiger partial charge on any atom is -0.460 e. The Labute approximate surface area is 101 Å². The van der Waals surface area contributed by atoms with Crippen LogP contribution in [0.25, 0.3) is 0 Å². The third-order valence-corrected chi connectivity index (χ3v) is 2.34. The predicted molar refractivity (Wildman–Crippen MR) is 57.4 cm³/mol. The van der Waals surface area contributed by atoms with E-state index < -0.39 is 23.1 Å². The second-order valence-corrected chi connectivity index (χ2v) is 3.58. The summed E-state index contributed by atoms with van der Waals surface area (Å²) in [4.78, 5) is 22.6. The third-order valence-electron chi connectivity index (χ3n) is 1.73. The summed E-state index contributed by atoms with van der Waals surface area (Å²) in [6.45, 7) is 1.55. The first kappa shape index (κ1) is 12.9. The first-order chi connectivity index (χ1) is 7.49. The molecule has 86 valence electrons. The average molecular weight is 265 g/mol. The summed E-state index contributed by atoms with van der Waals surface area (Å²) in [7, 11) is 0. The average Bonchev–Trinajstić information content (AvgIpc) is 2.24. The highest BCUT2D eigenvalue weighted by Gasteiger charge is 2.25. The van der Waals surface area contributed by atoms with Crippen molar-refractivity contribution in [1.29, 1.82) is 0 Å². The zero-order valence-corrected chi connectivity index (χ0v) is 9.73. The molecule has 1 rings (SSSR count). The van der Waals surface area contributed by atoms with Crippen molar-refractivity contribution in [2.24, 2.45) is 0 Å². The Morgan fingerprint density at radius 1 is 1.31 bits per heavy atom. The van der Waals surface area contributed by atoms with Gasteiger partial charge in [0.1, 0.15) is 0 Å². The van der Waals surface area contributed by atoms with E-state index in [1.807, 2.05) is 0 Å². The molecule has 0 amide bonds. The number of ketones is 1. The number of Topliss-reactive ketones (excluding diaryl/α,β-unsaturated/α-hetero) is 1. The fourth-order valence-corrected chi connectivity index (χ4v) is 1.42. The van der Waals surface area contributed by atoms with Gasteiger partial charge in [-0.15, -0.1) is 0 Å². The van der Waals surface area contributed by atoms with Crippen LogP contribution in [0.4, 0.5) is 4.39 Å². The Hall–Kier alpha value is -1.13. The van der Waals surface area contributed by atoms with Gasteiger partial charge in [0, 0.05) is 0 Å². The molecule has 0 spiro atoms. The van der Waals surface area contributed by atoms with Gasteiger partial charge in [0.25, 0.3) is 5.78 Å². The molecule has 0 N–H and O–H groups in total. The highest BCUT2D eigenvalue weighted by molar-refractivity contribution is 6.46. The number of hydrogen-bond acceptors (Lipinski definition) is 3. The number of rotatable bonds is 3. The van der Waals surface area contributed by atoms with E-state index in [2.05, 4.69) is 4.74 Å². The Kier molecular flexibility index (Phi) is 4.26. The molecule has 6 heteroatoms. The van der Waals surface area contributed by atoms with Crippen molar-refractivity contribution < 1.29 is 18.7 Å². The van der Waals surface area contributed by atoms with Crippen molar-refractivity contribution >= 4 is 35.0 Å². The van der Waals surface area contributed by atoms with Crippen LogP contribution in [0.5, 0.6) is 0 Å². The number of ether oxygens (including phenoxy) is 1. The molecule has 1 aromatic carbocycles. The molecular formula is C10H7Cl2FO3. The molecule has 0 saturated carbocycles. The van der Waals surface area contributed by atoms with Gasteiger partial charge in [0.15, 0.2) is 5.82 Å². The van der Waals surface area contributed by atoms with Gasteiger partial charge in [-0.2, -0.15) is 0 Å². The molecule has 3 nitrogen and oxygen atoms in total. The fourth-order valence-electron chi connectivity index (χ4n) is 1.03. The van der Waals surface area contributed by atoms with Crippen molar-refractivity contribution in [3.05, 3.63) is 33.6 Å². The molecule has 0 aliphatic heterocycles. The predicted octanol–water partition coefficient (Wildman–Crippen LogP) is 2.88. The molecule has 0 aliphatic carbocycles. The summed E-state index contributed by atoms with van der Waals surface area (Å²) in [5, 5.41) is -0.461. The van der Waals surface area contributed by atoms with E-state index in [9.17, 15) is 14.0 Å². The number of carbonyl (C=O) groups is 2. The van der Waals surface area contributed by atoms with Crippen LogP contribution in [0.1, 0.15) is 17.3 Å². The van der Waals surface area contributed by atoms with E-state index in [0.717, 1.165) is 0 Å². The maximum atomic E-state index is 13.5. The molecule has 0 heterocycles. The normalized spacial score (nSPS) is 10.0. The third kappa shape index (κ3) is 2.51. The molecule has 0 fully saturated rings. The van der Waals surface area contributed by atoms with Crippen LogP contribution in [0.2, 0.25) is 10.0 Å². The summed E-state index contributed by atoms with van der Waals surface area (Å²) >= 11 is 11.1. The van der Waals surface area contributed by atoms with Gasteiger partial charge in [-0.25, -0.2) is 9.18 Å². The minimum absolute atomic E-state index is 0.0182. The van der Waals surface area contributed by atoms with Crippen LogP contribution < -0.4 is 0 Å². The highest BCUT2D eigenvalue weighted by atomic mass is 35.5. The number of halogens is 3. The van der Waals surface area contributed by atoms with Crippen molar-refractivity contribution in [2.45, 2.75) is 6.92 Å². The Morgan fingerprint density at radius 2 is 1.88 bits per heavy atom. The lowest BCUT2D eigenvalue weighted by Gasteiger charge is -2.05. The van der Waals surface area contributed by atoms with E-state index in [-0.39, 0.29) is 16.7 Å². The SMILES string of the molecule is CCOC(=O)C(=O)c1c(Cl)ccc(Cl)c1F. The van der Waals surface area contributed by atoms with E-state index in [0.29, 0.717) is 0 Å². The lowest BCUT2D eigenvalue weighted by atomic mass is 10.1. The minimum atomic E-state index is -1.16. The molecule has 0 aromatic heterocycles. The molecule has 0 aliphatic rings. The topological polar surface area (TPSA) is 43.4 Å². The number of hydrogen-bond donors (Lipinski definition) is 0. The van der Waals surface area contributed by atoms with Gasteiger partial charge in [0.05, 0.1) is 22.2 Å². The van der Waals surface area contributed by atoms with Gasteiger partial charge in [0.2, 0.25) is 0 Å². The van der Waals surface area contributed by atoms with Crippen molar-refractivity contribution in [3.63, 3.8) is 0 Å². The molecular weight excluding hydrogens is 258 g/mol. The first-order valence-corrected chi connectivity index (χ1v) is 5.09. The molecule has 0 saturated heterocycles. The summed E-state index contributed by atoms with van der Waals surface area (Å²) in [5.41, 5.74) is -0.562. The Bertz CT molecular complexity index is 446. The van der Waals surface area contributed by atoms with E-state index in [1.165, 1.54) is 19.1 Å². The second-order valence-electron chi connectivity index (χ2n) is 2.77. The van der Waals surface area contributed by atoms with Crippen molar-refractivity contribution in [1.82, 2.24) is 0 Å². The van der Waals surface area contributed by atoms with E-state index >= 15 is 0 Å². The Morgan fingerprint density at radius 3 is 2.44 bits per heavy atom. The molecule has 0 radical (unpaired) electrons. The quantitative estimate of drug-likeness (QED) is 0.365. The van der Waals surface area contributed by atoms with Gasteiger partial charge < -0.3 is 4.74 Å². The van der Waals surface area contributed by atoms with Crippen molar-refractivity contribution in [2.75, 3.05) is 6.61 Å². The fraction of sp³-hybridized carbons (Fsp3) is 0.200. The maximum Gasteiger partial charge on any atom is 0.379 e. The smallest absolute Gasteiger partial charge is 0.379 e. The molecule has 16 heavy (non-hydrogen) atoms. The monoisotopic (exact) mass is 264 g/mol. The van der Waals surface area contributed by atoms with E-state index in [1.54, 1.807) is 0 Å². The number of carbonyl (C=O) groups excluding carboxylic acids is 2. The highest BCUT2D eigenvalue weighted by Crippen LogP contribution is 2.26. The Balaban J connectivity index is 3.18. The van der Waals surface area contributed by atoms with Crippen LogP contribution >= 0.6 is 23.2 Å². The summed E-state index contributed by atoms with van der Waals surface area (Å²) in [5.74, 6) is -3.33. The zero-order chi connectivity index (χ0) is 12.3. The van der Waals surface area contributed by atoms with Crippen LogP contribution in [-0.4, -0.2) is 18.4 Å². The van der Waals surface area contributed by atoms with Crippen molar-refractivity contribution in [3.8, 4) is 0 Å². The lowest BCUT2D eigenvalue weighted by molar-refractivity contribution is -0.137. The molecule has 0 atom stereocenters.